The Morgan fingerprint density at radius 1 is 1.46 bits per heavy atom. The molecular formula is C16H24N4O3S. The molecule has 7 nitrogen and oxygen atoms in total. The Morgan fingerprint density at radius 3 is 2.92 bits per heavy atom. The lowest BCUT2D eigenvalue weighted by molar-refractivity contribution is 0.191. The molecule has 3 rings (SSSR count). The van der Waals surface area contributed by atoms with E-state index in [2.05, 4.69) is 21.8 Å². The molecule has 2 atom stereocenters. The molecule has 2 heterocycles. The third-order valence-corrected chi connectivity index (χ3v) is 6.70. The number of aromatic nitrogens is 2. The molecule has 1 aliphatic rings. The summed E-state index contributed by atoms with van der Waals surface area (Å²) in [6, 6.07) is 1.58. The average Bonchev–Trinajstić information content (AvgIpc) is 2.99. The lowest BCUT2D eigenvalue weighted by atomic mass is 9.74. The van der Waals surface area contributed by atoms with Crippen LogP contribution in [0.3, 0.4) is 0 Å². The standard InChI is InChI=1S/C16H24N4O3S/c1-3-14-13-8-12(9-18-15(13)23-19-14)24(21,22)20-16(10-17)7-5-4-6-11(16)2/h8-9,11,20H,3-7,10,17H2,1-2H3. The van der Waals surface area contributed by atoms with Crippen molar-refractivity contribution in [3.8, 4) is 0 Å². The van der Waals surface area contributed by atoms with Crippen LogP contribution in [-0.4, -0.2) is 30.6 Å². The first kappa shape index (κ1) is 17.3. The Morgan fingerprint density at radius 2 is 2.25 bits per heavy atom. The van der Waals surface area contributed by atoms with Gasteiger partial charge in [0.25, 0.3) is 5.71 Å². The molecule has 0 aliphatic heterocycles. The van der Waals surface area contributed by atoms with Crippen molar-refractivity contribution in [3.63, 3.8) is 0 Å². The second kappa shape index (κ2) is 6.42. The summed E-state index contributed by atoms with van der Waals surface area (Å²) in [6.07, 6.45) is 5.78. The normalized spacial score (nSPS) is 25.2. The van der Waals surface area contributed by atoms with E-state index in [4.69, 9.17) is 10.3 Å². The Balaban J connectivity index is 1.97. The van der Waals surface area contributed by atoms with Gasteiger partial charge in [0.2, 0.25) is 10.0 Å². The highest BCUT2D eigenvalue weighted by Gasteiger charge is 2.40. The van der Waals surface area contributed by atoms with Gasteiger partial charge in [-0.15, -0.1) is 0 Å². The van der Waals surface area contributed by atoms with Crippen molar-refractivity contribution in [2.75, 3.05) is 6.54 Å². The van der Waals surface area contributed by atoms with Crippen molar-refractivity contribution >= 4 is 21.1 Å². The maximum Gasteiger partial charge on any atom is 0.258 e. The van der Waals surface area contributed by atoms with Gasteiger partial charge in [0.05, 0.1) is 17.3 Å². The summed E-state index contributed by atoms with van der Waals surface area (Å²) in [7, 11) is -3.72. The van der Waals surface area contributed by atoms with Crippen LogP contribution >= 0.6 is 0 Å². The minimum absolute atomic E-state index is 0.124. The number of pyridine rings is 1. The van der Waals surface area contributed by atoms with Crippen LogP contribution in [0.4, 0.5) is 0 Å². The number of hydrogen-bond donors (Lipinski definition) is 2. The van der Waals surface area contributed by atoms with E-state index in [9.17, 15) is 8.42 Å². The molecule has 0 saturated heterocycles. The maximum atomic E-state index is 12.9. The lowest BCUT2D eigenvalue weighted by Gasteiger charge is -2.42. The summed E-state index contributed by atoms with van der Waals surface area (Å²) in [5, 5.41) is 4.56. The molecule has 24 heavy (non-hydrogen) atoms. The number of nitrogens with zero attached hydrogens (tertiary/aromatic N) is 2. The molecule has 0 spiro atoms. The van der Waals surface area contributed by atoms with Crippen molar-refractivity contribution in [1.82, 2.24) is 14.9 Å². The first-order valence-electron chi connectivity index (χ1n) is 8.40. The van der Waals surface area contributed by atoms with Crippen molar-refractivity contribution in [2.45, 2.75) is 56.4 Å². The first-order valence-corrected chi connectivity index (χ1v) is 9.88. The molecule has 0 bridgehead atoms. The molecule has 0 amide bonds. The molecule has 1 fully saturated rings. The predicted molar refractivity (Wildman–Crippen MR) is 90.9 cm³/mol. The summed E-state index contributed by atoms with van der Waals surface area (Å²) >= 11 is 0. The molecule has 0 radical (unpaired) electrons. The number of nitrogens with two attached hydrogens (primary N) is 1. The highest BCUT2D eigenvalue weighted by Crippen LogP contribution is 2.34. The number of hydrogen-bond acceptors (Lipinski definition) is 6. The zero-order valence-corrected chi connectivity index (χ0v) is 14.9. The average molecular weight is 352 g/mol. The van der Waals surface area contributed by atoms with Gasteiger partial charge in [-0.3, -0.25) is 0 Å². The van der Waals surface area contributed by atoms with Gasteiger partial charge in [0.15, 0.2) is 0 Å². The Bertz CT molecular complexity index is 833. The highest BCUT2D eigenvalue weighted by atomic mass is 32.2. The van der Waals surface area contributed by atoms with Crippen LogP contribution in [0.25, 0.3) is 11.1 Å². The molecule has 8 heteroatoms. The van der Waals surface area contributed by atoms with E-state index >= 15 is 0 Å². The van der Waals surface area contributed by atoms with Gasteiger partial charge in [-0.2, -0.15) is 0 Å². The molecule has 1 saturated carbocycles. The van der Waals surface area contributed by atoms with Gasteiger partial charge in [-0.25, -0.2) is 18.1 Å². The monoisotopic (exact) mass is 352 g/mol. The van der Waals surface area contributed by atoms with Gasteiger partial charge >= 0.3 is 0 Å². The Kier molecular flexibility index (Phi) is 4.63. The minimum Gasteiger partial charge on any atom is -0.336 e. The van der Waals surface area contributed by atoms with Crippen molar-refractivity contribution in [3.05, 3.63) is 18.0 Å². The Hall–Kier alpha value is -1.51. The van der Waals surface area contributed by atoms with Crippen molar-refractivity contribution in [1.29, 1.82) is 0 Å². The van der Waals surface area contributed by atoms with E-state index in [1.165, 1.54) is 6.20 Å². The highest BCUT2D eigenvalue weighted by molar-refractivity contribution is 7.89. The number of sulfonamides is 1. The number of nitrogens with one attached hydrogen (secondary N) is 1. The molecule has 132 valence electrons. The number of aryl methyl sites for hydroxylation is 1. The van der Waals surface area contributed by atoms with E-state index in [0.717, 1.165) is 25.7 Å². The third-order valence-electron chi connectivity index (χ3n) is 5.18. The minimum atomic E-state index is -3.72. The van der Waals surface area contributed by atoms with Gasteiger partial charge in [-0.1, -0.05) is 31.8 Å². The van der Waals surface area contributed by atoms with E-state index in [1.807, 2.05) is 6.92 Å². The van der Waals surface area contributed by atoms with E-state index < -0.39 is 15.6 Å². The van der Waals surface area contributed by atoms with Crippen LogP contribution < -0.4 is 10.5 Å². The summed E-state index contributed by atoms with van der Waals surface area (Å²) < 4.78 is 33.8. The van der Waals surface area contributed by atoms with Crippen LogP contribution in [-0.2, 0) is 16.4 Å². The fraction of sp³-hybridized carbons (Fsp3) is 0.625. The van der Waals surface area contributed by atoms with E-state index in [-0.39, 0.29) is 17.4 Å². The topological polar surface area (TPSA) is 111 Å². The maximum absolute atomic E-state index is 12.9. The summed E-state index contributed by atoms with van der Waals surface area (Å²) in [5.74, 6) is 0.199. The van der Waals surface area contributed by atoms with Crippen molar-refractivity contribution in [2.24, 2.45) is 11.7 Å². The molecular weight excluding hydrogens is 328 g/mol. The third kappa shape index (κ3) is 2.94. The smallest absolute Gasteiger partial charge is 0.258 e. The van der Waals surface area contributed by atoms with Crippen LogP contribution in [0.2, 0.25) is 0 Å². The van der Waals surface area contributed by atoms with Crippen LogP contribution in [0.1, 0.15) is 45.2 Å². The molecule has 2 unspecified atom stereocenters. The molecule has 2 aromatic rings. The molecule has 2 aromatic heterocycles. The zero-order valence-electron chi connectivity index (χ0n) is 14.1. The van der Waals surface area contributed by atoms with Crippen molar-refractivity contribution < 1.29 is 12.9 Å². The molecule has 1 aliphatic carbocycles. The summed E-state index contributed by atoms with van der Waals surface area (Å²) in [6.45, 7) is 4.28. The summed E-state index contributed by atoms with van der Waals surface area (Å²) in [5.41, 5.74) is 6.43. The number of rotatable bonds is 5. The largest absolute Gasteiger partial charge is 0.336 e. The van der Waals surface area contributed by atoms with Gasteiger partial charge in [0, 0.05) is 12.1 Å². The fourth-order valence-electron chi connectivity index (χ4n) is 3.50. The van der Waals surface area contributed by atoms with Crippen LogP contribution in [0, 0.1) is 5.92 Å². The summed E-state index contributed by atoms with van der Waals surface area (Å²) in [4.78, 5) is 4.22. The lowest BCUT2D eigenvalue weighted by Crippen LogP contribution is -2.58. The molecule has 3 N–H and O–H groups in total. The van der Waals surface area contributed by atoms with E-state index in [1.54, 1.807) is 6.07 Å². The second-order valence-electron chi connectivity index (χ2n) is 6.62. The van der Waals surface area contributed by atoms with Crippen LogP contribution in [0.15, 0.2) is 21.7 Å². The quantitative estimate of drug-likeness (QED) is 0.851. The Labute approximate surface area is 142 Å². The SMILES string of the molecule is CCc1noc2ncc(S(=O)(=O)NC3(CN)CCCCC3C)cc12. The fourth-order valence-corrected chi connectivity index (χ4v) is 5.00. The first-order chi connectivity index (χ1) is 11.4. The van der Waals surface area contributed by atoms with Gasteiger partial charge in [0.1, 0.15) is 4.90 Å². The second-order valence-corrected chi connectivity index (χ2v) is 8.30. The van der Waals surface area contributed by atoms with Crippen LogP contribution in [0.5, 0.6) is 0 Å². The predicted octanol–water partition coefficient (Wildman–Crippen LogP) is 1.97. The van der Waals surface area contributed by atoms with E-state index in [0.29, 0.717) is 23.2 Å². The number of fused-ring (bicyclic) bond motifs is 1. The van der Waals surface area contributed by atoms with Gasteiger partial charge < -0.3 is 10.3 Å². The molecule has 0 aromatic carbocycles. The zero-order chi connectivity index (χ0) is 17.4. The van der Waals surface area contributed by atoms with Gasteiger partial charge in [-0.05, 0) is 31.2 Å².